The second kappa shape index (κ2) is 11.3. The molecule has 3 rings (SSSR count). The van der Waals surface area contributed by atoms with E-state index in [0.717, 1.165) is 15.5 Å². The molecule has 24 heavy (non-hydrogen) atoms. The van der Waals surface area contributed by atoms with Crippen LogP contribution in [-0.4, -0.2) is 25.6 Å². The molecule has 0 radical (unpaired) electrons. The molecule has 1 nitrogen and oxygen atoms in total. The molecule has 0 aliphatic heterocycles. The molecule has 0 bridgehead atoms. The van der Waals surface area contributed by atoms with E-state index in [1.807, 2.05) is 30.3 Å². The first kappa shape index (κ1) is 23.6. The summed E-state index contributed by atoms with van der Waals surface area (Å²) in [4.78, 5) is 0. The molecule has 4 heteroatoms. The predicted octanol–water partition coefficient (Wildman–Crippen LogP) is 2.45. The summed E-state index contributed by atoms with van der Waals surface area (Å²) in [6.45, 7) is 1.05. The number of rotatable bonds is 3. The quantitative estimate of drug-likeness (QED) is 0.208. The fraction of sp³-hybridized carbons (Fsp3) is 0.200. The minimum absolute atomic E-state index is 0. The van der Waals surface area contributed by atoms with E-state index in [1.165, 1.54) is 16.7 Å². The average molecular weight is 540 g/mol. The number of hydrogen-bond acceptors (Lipinski definition) is 0. The van der Waals surface area contributed by atoms with Gasteiger partial charge in [-0.25, -0.2) is 12.1 Å². The minimum Gasteiger partial charge on any atom is -1.00 e. The van der Waals surface area contributed by atoms with Crippen molar-refractivity contribution < 1.29 is 45.5 Å². The summed E-state index contributed by atoms with van der Waals surface area (Å²) < 4.78 is 2.11. The van der Waals surface area contributed by atoms with Crippen LogP contribution in [0.2, 0.25) is 0 Å². The van der Waals surface area contributed by atoms with Gasteiger partial charge in [-0.2, -0.15) is 24.3 Å². The number of hydrogen-bond donors (Lipinski definition) is 0. The van der Waals surface area contributed by atoms with Gasteiger partial charge in [-0.15, -0.1) is 39.7 Å². The van der Waals surface area contributed by atoms with Gasteiger partial charge in [-0.1, -0.05) is 29.3 Å². The molecule has 0 heterocycles. The molecular weight excluding hydrogens is 517 g/mol. The van der Waals surface area contributed by atoms with Crippen molar-refractivity contribution in [3.05, 3.63) is 82.8 Å². The van der Waals surface area contributed by atoms with Crippen LogP contribution in [0, 0.1) is 0 Å². The standard InChI is InChI=1S/C15H18BrN.C5H5.Fe.HI/c1-17(2,3)11-12-7-6-9-13(12)14-8-4-5-10-15(14)16;1-2-4-5-3-1;;/h4-10H,11H2,1-3H3;1-5H;;1H/q;-1;+2;/p-1. The van der Waals surface area contributed by atoms with E-state index in [0.29, 0.717) is 0 Å². The van der Waals surface area contributed by atoms with Gasteiger partial charge in [0, 0.05) is 0 Å². The molecule has 0 fully saturated rings. The fourth-order valence-corrected chi connectivity index (χ4v) is 2.87. The summed E-state index contributed by atoms with van der Waals surface area (Å²) in [6, 6.07) is 25.0. The Bertz CT molecular complexity index is 667. The van der Waals surface area contributed by atoms with E-state index in [-0.39, 0.29) is 41.0 Å². The summed E-state index contributed by atoms with van der Waals surface area (Å²) in [5, 5.41) is 0. The third-order valence-electron chi connectivity index (χ3n) is 3.27. The molecule has 3 aromatic rings. The third-order valence-corrected chi connectivity index (χ3v) is 3.96. The maximum absolute atomic E-state index is 3.63. The predicted molar refractivity (Wildman–Crippen MR) is 98.9 cm³/mol. The maximum atomic E-state index is 3.63. The van der Waals surface area contributed by atoms with Gasteiger partial charge in [-0.05, 0) is 4.47 Å². The summed E-state index contributed by atoms with van der Waals surface area (Å²) in [5.74, 6) is 0. The largest absolute Gasteiger partial charge is 2.00 e. The Morgan fingerprint density at radius 2 is 1.58 bits per heavy atom. The van der Waals surface area contributed by atoms with Crippen LogP contribution in [0.4, 0.5) is 0 Å². The van der Waals surface area contributed by atoms with Crippen LogP contribution in [0.1, 0.15) is 5.56 Å². The van der Waals surface area contributed by atoms with Crippen LogP contribution in [0.15, 0.2) is 77.3 Å². The monoisotopic (exact) mass is 539 g/mol. The van der Waals surface area contributed by atoms with Crippen LogP contribution < -0.4 is 24.0 Å². The first-order valence-electron chi connectivity index (χ1n) is 7.44. The molecule has 0 amide bonds. The zero-order chi connectivity index (χ0) is 16.0. The molecule has 0 aromatic heterocycles. The van der Waals surface area contributed by atoms with Crippen LogP contribution in [0.3, 0.4) is 0 Å². The van der Waals surface area contributed by atoms with Crippen molar-refractivity contribution in [2.75, 3.05) is 21.1 Å². The van der Waals surface area contributed by atoms with Crippen molar-refractivity contribution in [2.45, 2.75) is 6.54 Å². The maximum Gasteiger partial charge on any atom is 2.00 e. The summed E-state index contributed by atoms with van der Waals surface area (Å²) in [5.41, 5.74) is 4.02. The minimum atomic E-state index is 0. The molecule has 0 spiro atoms. The van der Waals surface area contributed by atoms with Crippen molar-refractivity contribution in [3.8, 4) is 11.1 Å². The van der Waals surface area contributed by atoms with Gasteiger partial charge in [0.25, 0.3) is 0 Å². The van der Waals surface area contributed by atoms with Gasteiger partial charge in [0.05, 0.1) is 27.7 Å². The van der Waals surface area contributed by atoms with E-state index >= 15 is 0 Å². The average Bonchev–Trinajstić information content (AvgIpc) is 3.11. The third kappa shape index (κ3) is 7.66. The van der Waals surface area contributed by atoms with Crippen molar-refractivity contribution >= 4 is 15.9 Å². The van der Waals surface area contributed by atoms with Crippen molar-refractivity contribution in [2.24, 2.45) is 0 Å². The Morgan fingerprint density at radius 3 is 2.08 bits per heavy atom. The molecule has 0 saturated carbocycles. The SMILES string of the molecule is C[N+](C)(C)Cc1ccc[c-]1-c1ccccc1Br.[Fe+2].[I-].c1cc[cH-]c1. The van der Waals surface area contributed by atoms with E-state index in [4.69, 9.17) is 0 Å². The Labute approximate surface area is 182 Å². The zero-order valence-electron chi connectivity index (χ0n) is 14.2. The van der Waals surface area contributed by atoms with Crippen molar-refractivity contribution in [3.63, 3.8) is 0 Å². The Kier molecular flexibility index (Phi) is 11.1. The van der Waals surface area contributed by atoms with E-state index < -0.39 is 0 Å². The number of halogens is 2. The summed E-state index contributed by atoms with van der Waals surface area (Å²) in [6.07, 6.45) is 0. The van der Waals surface area contributed by atoms with Crippen LogP contribution in [0.25, 0.3) is 11.1 Å². The van der Waals surface area contributed by atoms with Gasteiger partial charge in [0.2, 0.25) is 0 Å². The van der Waals surface area contributed by atoms with Crippen LogP contribution in [-0.2, 0) is 23.6 Å². The van der Waals surface area contributed by atoms with Gasteiger partial charge in [0.1, 0.15) is 0 Å². The number of quaternary nitrogens is 1. The van der Waals surface area contributed by atoms with Gasteiger partial charge >= 0.3 is 17.1 Å². The molecule has 3 aromatic carbocycles. The first-order valence-corrected chi connectivity index (χ1v) is 8.23. The van der Waals surface area contributed by atoms with Gasteiger partial charge in [-0.3, -0.25) is 0 Å². The fourth-order valence-electron chi connectivity index (χ4n) is 2.37. The second-order valence-corrected chi connectivity index (χ2v) is 7.21. The Balaban J connectivity index is 0.000000652. The normalized spacial score (nSPS) is 10.0. The van der Waals surface area contributed by atoms with E-state index in [2.05, 4.69) is 79.5 Å². The van der Waals surface area contributed by atoms with Crippen molar-refractivity contribution in [1.29, 1.82) is 0 Å². The molecule has 0 N–H and O–H groups in total. The van der Waals surface area contributed by atoms with Gasteiger partial charge in [0.15, 0.2) is 0 Å². The topological polar surface area (TPSA) is 0 Å². The summed E-state index contributed by atoms with van der Waals surface area (Å²) >= 11 is 3.63. The number of benzene rings is 1. The van der Waals surface area contributed by atoms with Gasteiger partial charge < -0.3 is 28.5 Å². The molecule has 0 atom stereocenters. The molecule has 0 aliphatic rings. The molecule has 130 valence electrons. The van der Waals surface area contributed by atoms with Crippen LogP contribution in [0.5, 0.6) is 0 Å². The molecule has 0 aliphatic carbocycles. The number of nitrogens with zero attached hydrogens (tertiary/aromatic N) is 1. The zero-order valence-corrected chi connectivity index (χ0v) is 19.0. The second-order valence-electron chi connectivity index (χ2n) is 6.36. The molecular formula is C20H23BrFeIN. The smallest absolute Gasteiger partial charge is 1.00 e. The Morgan fingerprint density at radius 1 is 0.958 bits per heavy atom. The van der Waals surface area contributed by atoms with Crippen LogP contribution >= 0.6 is 15.9 Å². The molecule has 0 unspecified atom stereocenters. The summed E-state index contributed by atoms with van der Waals surface area (Å²) in [7, 11) is 6.66. The van der Waals surface area contributed by atoms with E-state index in [1.54, 1.807) is 0 Å². The van der Waals surface area contributed by atoms with E-state index in [9.17, 15) is 0 Å². The first-order chi connectivity index (χ1) is 10.5. The van der Waals surface area contributed by atoms with Crippen molar-refractivity contribution in [1.82, 2.24) is 0 Å². The molecule has 0 saturated heterocycles. The Hall–Kier alpha value is -0.391.